The number of aliphatic hydroxyl groups is 6. The molecular formula is C12H23NO8. The first-order chi connectivity index (χ1) is 9.92. The second-order valence-electron chi connectivity index (χ2n) is 5.50. The van der Waals surface area contributed by atoms with Gasteiger partial charge in [-0.05, 0) is 0 Å². The van der Waals surface area contributed by atoms with Crippen LogP contribution in [-0.4, -0.2) is 99.9 Å². The molecule has 0 saturated carbocycles. The SMILES string of the molecule is CO[C@H]1O[C@H](CO)[C@@H](O)[C@@H](O)[C@H]1C(O)[C@H]1NC[C@H](O)[C@@H]1O. The van der Waals surface area contributed by atoms with Gasteiger partial charge in [0.05, 0.1) is 43.0 Å². The van der Waals surface area contributed by atoms with Gasteiger partial charge < -0.3 is 45.4 Å². The number of methoxy groups -OCH3 is 1. The minimum Gasteiger partial charge on any atom is -0.394 e. The Hall–Kier alpha value is -0.360. The van der Waals surface area contributed by atoms with Crippen LogP contribution in [-0.2, 0) is 9.47 Å². The van der Waals surface area contributed by atoms with Gasteiger partial charge in [0.25, 0.3) is 0 Å². The summed E-state index contributed by atoms with van der Waals surface area (Å²) in [5.74, 6) is -1.05. The Morgan fingerprint density at radius 3 is 2.33 bits per heavy atom. The minimum atomic E-state index is -1.41. The van der Waals surface area contributed by atoms with Crippen molar-refractivity contribution in [2.45, 2.75) is 49.0 Å². The van der Waals surface area contributed by atoms with E-state index >= 15 is 0 Å². The molecule has 9 nitrogen and oxygen atoms in total. The Morgan fingerprint density at radius 1 is 1.19 bits per heavy atom. The van der Waals surface area contributed by atoms with E-state index in [1.165, 1.54) is 7.11 Å². The highest BCUT2D eigenvalue weighted by Crippen LogP contribution is 2.32. The molecule has 0 radical (unpaired) electrons. The lowest BCUT2D eigenvalue weighted by Crippen LogP contribution is -2.62. The summed E-state index contributed by atoms with van der Waals surface area (Å²) in [6.45, 7) is -0.407. The van der Waals surface area contributed by atoms with Crippen LogP contribution in [0.1, 0.15) is 0 Å². The van der Waals surface area contributed by atoms with E-state index in [4.69, 9.17) is 14.6 Å². The summed E-state index contributed by atoms with van der Waals surface area (Å²) < 4.78 is 10.4. The molecule has 2 saturated heterocycles. The summed E-state index contributed by atoms with van der Waals surface area (Å²) in [6.07, 6.45) is -8.47. The molecular weight excluding hydrogens is 286 g/mol. The maximum Gasteiger partial charge on any atom is 0.165 e. The van der Waals surface area contributed by atoms with Gasteiger partial charge in [0.1, 0.15) is 12.2 Å². The Kier molecular flexibility index (Phi) is 5.52. The number of ether oxygens (including phenoxy) is 2. The molecule has 0 amide bonds. The van der Waals surface area contributed by atoms with E-state index in [2.05, 4.69) is 5.32 Å². The zero-order valence-corrected chi connectivity index (χ0v) is 11.6. The minimum absolute atomic E-state index is 0.103. The third kappa shape index (κ3) is 3.07. The molecule has 0 aromatic heterocycles. The topological polar surface area (TPSA) is 152 Å². The second kappa shape index (κ2) is 6.82. The Labute approximate surface area is 121 Å². The van der Waals surface area contributed by atoms with Gasteiger partial charge in [0, 0.05) is 13.7 Å². The fourth-order valence-corrected chi connectivity index (χ4v) is 2.98. The standard InChI is InChI=1S/C12H23NO8/c1-20-12-6(11(19)9(17)5(3-14)21-12)10(18)7-8(16)4(15)2-13-7/h4-19H,2-3H2,1H3/t4-,5+,6+,7-,8-,9+,10?,11-,12-/m0/s1. The van der Waals surface area contributed by atoms with Crippen molar-refractivity contribution >= 4 is 0 Å². The lowest BCUT2D eigenvalue weighted by atomic mass is 9.82. The highest BCUT2D eigenvalue weighted by Gasteiger charge is 2.51. The third-order valence-corrected chi connectivity index (χ3v) is 4.25. The maximum atomic E-state index is 10.4. The van der Waals surface area contributed by atoms with Gasteiger partial charge in [-0.3, -0.25) is 0 Å². The highest BCUT2D eigenvalue weighted by atomic mass is 16.7. The third-order valence-electron chi connectivity index (χ3n) is 4.25. The quantitative estimate of drug-likeness (QED) is 0.274. The van der Waals surface area contributed by atoms with Crippen molar-refractivity contribution < 1.29 is 40.1 Å². The van der Waals surface area contributed by atoms with Gasteiger partial charge >= 0.3 is 0 Å². The lowest BCUT2D eigenvalue weighted by Gasteiger charge is -2.44. The van der Waals surface area contributed by atoms with E-state index in [1.54, 1.807) is 0 Å². The van der Waals surface area contributed by atoms with Gasteiger partial charge in [-0.1, -0.05) is 0 Å². The zero-order valence-electron chi connectivity index (χ0n) is 11.6. The number of hydrogen-bond acceptors (Lipinski definition) is 9. The van der Waals surface area contributed by atoms with Crippen molar-refractivity contribution in [3.05, 3.63) is 0 Å². The van der Waals surface area contributed by atoms with Crippen LogP contribution in [0.15, 0.2) is 0 Å². The van der Waals surface area contributed by atoms with Crippen LogP contribution in [0.25, 0.3) is 0 Å². The van der Waals surface area contributed by atoms with Gasteiger partial charge in [0.2, 0.25) is 0 Å². The van der Waals surface area contributed by atoms with E-state index in [0.717, 1.165) is 0 Å². The van der Waals surface area contributed by atoms with Crippen LogP contribution in [0.5, 0.6) is 0 Å². The summed E-state index contributed by atoms with van der Waals surface area (Å²) in [6, 6.07) is -0.890. The molecule has 0 bridgehead atoms. The van der Waals surface area contributed by atoms with Gasteiger partial charge in [-0.15, -0.1) is 0 Å². The van der Waals surface area contributed by atoms with Crippen molar-refractivity contribution in [2.24, 2.45) is 5.92 Å². The van der Waals surface area contributed by atoms with Crippen LogP contribution >= 0.6 is 0 Å². The maximum absolute atomic E-state index is 10.4. The average Bonchev–Trinajstić information content (AvgIpc) is 2.81. The first-order valence-electron chi connectivity index (χ1n) is 6.85. The molecule has 2 heterocycles. The molecule has 0 spiro atoms. The predicted molar refractivity (Wildman–Crippen MR) is 68.1 cm³/mol. The van der Waals surface area contributed by atoms with Crippen LogP contribution in [0.3, 0.4) is 0 Å². The van der Waals surface area contributed by atoms with Crippen LogP contribution in [0.2, 0.25) is 0 Å². The summed E-state index contributed by atoms with van der Waals surface area (Å²) in [7, 11) is 1.30. The molecule has 0 aromatic carbocycles. The molecule has 2 fully saturated rings. The van der Waals surface area contributed by atoms with Crippen LogP contribution in [0, 0.1) is 5.92 Å². The van der Waals surface area contributed by atoms with Crippen molar-refractivity contribution in [1.29, 1.82) is 0 Å². The van der Waals surface area contributed by atoms with Gasteiger partial charge in [0.15, 0.2) is 6.29 Å². The molecule has 9 atom stereocenters. The molecule has 124 valence electrons. The summed E-state index contributed by atoms with van der Waals surface area (Å²) >= 11 is 0. The molecule has 2 rings (SSSR count). The van der Waals surface area contributed by atoms with Crippen molar-refractivity contribution in [1.82, 2.24) is 5.32 Å². The largest absolute Gasteiger partial charge is 0.394 e. The zero-order chi connectivity index (χ0) is 15.7. The first kappa shape index (κ1) is 17.0. The molecule has 2 aliphatic heterocycles. The van der Waals surface area contributed by atoms with E-state index in [0.29, 0.717) is 0 Å². The van der Waals surface area contributed by atoms with Crippen molar-refractivity contribution in [3.63, 3.8) is 0 Å². The number of rotatable bonds is 4. The van der Waals surface area contributed by atoms with Gasteiger partial charge in [-0.25, -0.2) is 0 Å². The lowest BCUT2D eigenvalue weighted by molar-refractivity contribution is -0.295. The van der Waals surface area contributed by atoms with Crippen molar-refractivity contribution in [2.75, 3.05) is 20.3 Å². The summed E-state index contributed by atoms with van der Waals surface area (Å²) in [4.78, 5) is 0. The molecule has 2 aliphatic rings. The predicted octanol–water partition coefficient (Wildman–Crippen LogP) is -4.26. The number of β-amino-alcohol motifs (C(OH)–C–C–N with tert-alkyl or cyclic N) is 1. The van der Waals surface area contributed by atoms with E-state index in [9.17, 15) is 25.5 Å². The van der Waals surface area contributed by atoms with E-state index in [1.807, 2.05) is 0 Å². The Morgan fingerprint density at radius 2 is 1.86 bits per heavy atom. The fourth-order valence-electron chi connectivity index (χ4n) is 2.98. The smallest absolute Gasteiger partial charge is 0.165 e. The number of hydrogen-bond donors (Lipinski definition) is 7. The first-order valence-corrected chi connectivity index (χ1v) is 6.85. The molecule has 9 heteroatoms. The monoisotopic (exact) mass is 309 g/mol. The summed E-state index contributed by atoms with van der Waals surface area (Å²) in [5, 5.41) is 61.6. The van der Waals surface area contributed by atoms with Gasteiger partial charge in [-0.2, -0.15) is 0 Å². The highest BCUT2D eigenvalue weighted by molar-refractivity contribution is 5.01. The molecule has 21 heavy (non-hydrogen) atoms. The van der Waals surface area contributed by atoms with Crippen LogP contribution < -0.4 is 5.32 Å². The van der Waals surface area contributed by atoms with E-state index in [-0.39, 0.29) is 6.54 Å². The molecule has 7 N–H and O–H groups in total. The van der Waals surface area contributed by atoms with E-state index < -0.39 is 61.5 Å². The van der Waals surface area contributed by atoms with Crippen LogP contribution in [0.4, 0.5) is 0 Å². The molecule has 0 aliphatic carbocycles. The number of nitrogens with one attached hydrogen (secondary N) is 1. The Bertz CT molecular complexity index is 343. The fraction of sp³-hybridized carbons (Fsp3) is 1.00. The summed E-state index contributed by atoms with van der Waals surface area (Å²) in [5.41, 5.74) is 0. The second-order valence-corrected chi connectivity index (χ2v) is 5.50. The molecule has 0 aromatic rings. The normalized spacial score (nSPS) is 49.3. The average molecular weight is 309 g/mol. The Balaban J connectivity index is 2.15. The van der Waals surface area contributed by atoms with Crippen molar-refractivity contribution in [3.8, 4) is 0 Å². The number of aliphatic hydroxyl groups excluding tert-OH is 6. The molecule has 1 unspecified atom stereocenters.